The first-order valence-corrected chi connectivity index (χ1v) is 7.87. The van der Waals surface area contributed by atoms with Crippen LogP contribution in [0.15, 0.2) is 4.34 Å². The van der Waals surface area contributed by atoms with Gasteiger partial charge < -0.3 is 5.32 Å². The Morgan fingerprint density at radius 1 is 1.53 bits per heavy atom. The monoisotopic (exact) mass is 271 g/mol. The van der Waals surface area contributed by atoms with Gasteiger partial charge in [-0.05, 0) is 19.3 Å². The Morgan fingerprint density at radius 2 is 2.35 bits per heavy atom. The SMILES string of the molecule is CCCCSc1nnc(NC(=O)C2CCC2)s1. The van der Waals surface area contributed by atoms with Crippen LogP contribution in [0.2, 0.25) is 0 Å². The fraction of sp³-hybridized carbons (Fsp3) is 0.727. The molecular weight excluding hydrogens is 254 g/mol. The van der Waals surface area contributed by atoms with E-state index < -0.39 is 0 Å². The van der Waals surface area contributed by atoms with Crippen LogP contribution in [0.5, 0.6) is 0 Å². The highest BCUT2D eigenvalue weighted by molar-refractivity contribution is 8.01. The summed E-state index contributed by atoms with van der Waals surface area (Å²) in [5, 5.41) is 11.5. The molecule has 1 aromatic rings. The first-order chi connectivity index (χ1) is 8.29. The van der Waals surface area contributed by atoms with E-state index in [9.17, 15) is 4.79 Å². The molecule has 1 aromatic heterocycles. The standard InChI is InChI=1S/C11H17N3OS2/c1-2-3-7-16-11-14-13-10(17-11)12-9(15)8-5-4-6-8/h8H,2-7H2,1H3,(H,12,13,15). The van der Waals surface area contributed by atoms with E-state index in [4.69, 9.17) is 0 Å². The lowest BCUT2D eigenvalue weighted by atomic mass is 9.85. The number of amides is 1. The Labute approximate surface area is 110 Å². The van der Waals surface area contributed by atoms with Crippen molar-refractivity contribution in [2.75, 3.05) is 11.1 Å². The van der Waals surface area contributed by atoms with Gasteiger partial charge in [-0.15, -0.1) is 10.2 Å². The Kier molecular flexibility index (Phi) is 4.79. The summed E-state index contributed by atoms with van der Waals surface area (Å²) >= 11 is 3.19. The van der Waals surface area contributed by atoms with E-state index in [0.29, 0.717) is 5.13 Å². The smallest absolute Gasteiger partial charge is 0.229 e. The molecule has 0 bridgehead atoms. The fourth-order valence-corrected chi connectivity index (χ4v) is 3.41. The molecule has 1 saturated carbocycles. The average molecular weight is 271 g/mol. The van der Waals surface area contributed by atoms with Crippen LogP contribution in [0.3, 0.4) is 0 Å². The molecule has 0 aromatic carbocycles. The molecule has 6 heteroatoms. The summed E-state index contributed by atoms with van der Waals surface area (Å²) in [5.74, 6) is 1.38. The average Bonchev–Trinajstić information content (AvgIpc) is 2.63. The van der Waals surface area contributed by atoms with E-state index in [1.54, 1.807) is 11.8 Å². The van der Waals surface area contributed by atoms with Crippen molar-refractivity contribution in [3.63, 3.8) is 0 Å². The topological polar surface area (TPSA) is 54.9 Å². The molecule has 0 spiro atoms. The fourth-order valence-electron chi connectivity index (χ4n) is 1.50. The summed E-state index contributed by atoms with van der Waals surface area (Å²) in [6.07, 6.45) is 5.59. The second-order valence-corrected chi connectivity index (χ2v) is 6.51. The number of nitrogens with zero attached hydrogens (tertiary/aromatic N) is 2. The number of nitrogens with one attached hydrogen (secondary N) is 1. The van der Waals surface area contributed by atoms with Crippen LogP contribution in [0.25, 0.3) is 0 Å². The van der Waals surface area contributed by atoms with Crippen LogP contribution >= 0.6 is 23.1 Å². The van der Waals surface area contributed by atoms with Gasteiger partial charge in [-0.1, -0.05) is 42.9 Å². The Hall–Kier alpha value is -0.620. The second kappa shape index (κ2) is 6.35. The van der Waals surface area contributed by atoms with Gasteiger partial charge in [0.1, 0.15) is 0 Å². The van der Waals surface area contributed by atoms with Gasteiger partial charge in [0.05, 0.1) is 0 Å². The number of hydrogen-bond donors (Lipinski definition) is 1. The molecule has 0 aliphatic heterocycles. The highest BCUT2D eigenvalue weighted by Gasteiger charge is 2.25. The van der Waals surface area contributed by atoms with Crippen molar-refractivity contribution < 1.29 is 4.79 Å². The number of anilines is 1. The molecule has 94 valence electrons. The van der Waals surface area contributed by atoms with Gasteiger partial charge in [0.2, 0.25) is 11.0 Å². The van der Waals surface area contributed by atoms with E-state index in [2.05, 4.69) is 22.4 Å². The molecule has 1 heterocycles. The third-order valence-corrected chi connectivity index (χ3v) is 4.89. The van der Waals surface area contributed by atoms with Crippen LogP contribution in [-0.4, -0.2) is 21.9 Å². The van der Waals surface area contributed by atoms with E-state index in [1.807, 2.05) is 0 Å². The number of thioether (sulfide) groups is 1. The summed E-state index contributed by atoms with van der Waals surface area (Å²) < 4.78 is 0.947. The van der Waals surface area contributed by atoms with E-state index in [0.717, 1.165) is 22.9 Å². The number of rotatable bonds is 6. The van der Waals surface area contributed by atoms with Gasteiger partial charge in [-0.25, -0.2) is 0 Å². The van der Waals surface area contributed by atoms with E-state index >= 15 is 0 Å². The highest BCUT2D eigenvalue weighted by Crippen LogP contribution is 2.30. The van der Waals surface area contributed by atoms with Crippen LogP contribution in [0.4, 0.5) is 5.13 Å². The van der Waals surface area contributed by atoms with Crippen LogP contribution in [-0.2, 0) is 4.79 Å². The minimum absolute atomic E-state index is 0.109. The zero-order valence-corrected chi connectivity index (χ0v) is 11.6. The number of aromatic nitrogens is 2. The van der Waals surface area contributed by atoms with Crippen molar-refractivity contribution in [3.8, 4) is 0 Å². The lowest BCUT2D eigenvalue weighted by molar-refractivity contribution is -0.122. The molecule has 0 atom stereocenters. The van der Waals surface area contributed by atoms with Crippen molar-refractivity contribution in [1.82, 2.24) is 10.2 Å². The molecule has 1 aliphatic carbocycles. The van der Waals surface area contributed by atoms with E-state index in [1.165, 1.54) is 30.6 Å². The predicted octanol–water partition coefficient (Wildman–Crippen LogP) is 3.17. The summed E-state index contributed by atoms with van der Waals surface area (Å²) in [6, 6.07) is 0. The molecule has 1 fully saturated rings. The van der Waals surface area contributed by atoms with Crippen molar-refractivity contribution in [2.24, 2.45) is 5.92 Å². The zero-order chi connectivity index (χ0) is 12.1. The number of carbonyl (C=O) groups excluding carboxylic acids is 1. The van der Waals surface area contributed by atoms with Gasteiger partial charge in [0, 0.05) is 11.7 Å². The van der Waals surface area contributed by atoms with E-state index in [-0.39, 0.29) is 11.8 Å². The highest BCUT2D eigenvalue weighted by atomic mass is 32.2. The molecular formula is C11H17N3OS2. The summed E-state index contributed by atoms with van der Waals surface area (Å²) in [4.78, 5) is 11.7. The summed E-state index contributed by atoms with van der Waals surface area (Å²) in [5.41, 5.74) is 0. The first kappa shape index (κ1) is 12.8. The number of carbonyl (C=O) groups is 1. The van der Waals surface area contributed by atoms with Crippen LogP contribution in [0.1, 0.15) is 39.0 Å². The predicted molar refractivity (Wildman–Crippen MR) is 71.5 cm³/mol. The number of hydrogen-bond acceptors (Lipinski definition) is 5. The third kappa shape index (κ3) is 3.67. The lowest BCUT2D eigenvalue weighted by Crippen LogP contribution is -2.27. The molecule has 2 rings (SSSR count). The maximum Gasteiger partial charge on any atom is 0.229 e. The van der Waals surface area contributed by atoms with Crippen molar-refractivity contribution in [1.29, 1.82) is 0 Å². The Bertz CT molecular complexity index is 377. The molecule has 1 amide bonds. The lowest BCUT2D eigenvalue weighted by Gasteiger charge is -2.23. The molecule has 17 heavy (non-hydrogen) atoms. The minimum Gasteiger partial charge on any atom is -0.300 e. The molecule has 4 nitrogen and oxygen atoms in total. The summed E-state index contributed by atoms with van der Waals surface area (Å²) in [7, 11) is 0. The normalized spacial score (nSPS) is 15.6. The molecule has 0 unspecified atom stereocenters. The van der Waals surface area contributed by atoms with Gasteiger partial charge in [-0.3, -0.25) is 4.79 Å². The van der Waals surface area contributed by atoms with Crippen molar-refractivity contribution in [2.45, 2.75) is 43.4 Å². The van der Waals surface area contributed by atoms with Crippen LogP contribution < -0.4 is 5.32 Å². The minimum atomic E-state index is 0.109. The Morgan fingerprint density at radius 3 is 3.00 bits per heavy atom. The maximum atomic E-state index is 11.7. The molecule has 1 aliphatic rings. The van der Waals surface area contributed by atoms with Crippen molar-refractivity contribution >= 4 is 34.1 Å². The quantitative estimate of drug-likeness (QED) is 0.490. The third-order valence-electron chi connectivity index (χ3n) is 2.84. The summed E-state index contributed by atoms with van der Waals surface area (Å²) in [6.45, 7) is 2.17. The number of unbranched alkanes of at least 4 members (excludes halogenated alkanes) is 1. The second-order valence-electron chi connectivity index (χ2n) is 4.19. The Balaban J connectivity index is 1.78. The molecule has 0 radical (unpaired) electrons. The molecule has 1 N–H and O–H groups in total. The molecule has 0 saturated heterocycles. The first-order valence-electron chi connectivity index (χ1n) is 6.06. The largest absolute Gasteiger partial charge is 0.300 e. The maximum absolute atomic E-state index is 11.7. The van der Waals surface area contributed by atoms with Gasteiger partial charge in [0.15, 0.2) is 4.34 Å². The van der Waals surface area contributed by atoms with Gasteiger partial charge in [-0.2, -0.15) is 0 Å². The van der Waals surface area contributed by atoms with Gasteiger partial charge in [0.25, 0.3) is 0 Å². The van der Waals surface area contributed by atoms with Crippen molar-refractivity contribution in [3.05, 3.63) is 0 Å². The zero-order valence-electron chi connectivity index (χ0n) is 9.94. The van der Waals surface area contributed by atoms with Gasteiger partial charge >= 0.3 is 0 Å². The van der Waals surface area contributed by atoms with Crippen LogP contribution in [0, 0.1) is 5.92 Å².